The average Bonchev–Trinajstić information content (AvgIpc) is 3.02. The number of nitrogens with one attached hydrogen (secondary N) is 3. The maximum absolute atomic E-state index is 14.5. The number of urea groups is 1. The summed E-state index contributed by atoms with van der Waals surface area (Å²) in [6.45, 7) is 3.84. The Labute approximate surface area is 251 Å². The van der Waals surface area contributed by atoms with Gasteiger partial charge in [0.2, 0.25) is 5.95 Å². The van der Waals surface area contributed by atoms with Crippen molar-refractivity contribution >= 4 is 39.9 Å². The number of anilines is 4. The van der Waals surface area contributed by atoms with Crippen molar-refractivity contribution in [3.05, 3.63) is 84.8 Å². The minimum absolute atomic E-state index is 0.116. The first kappa shape index (κ1) is 28.8. The molecule has 1 fully saturated rings. The Kier molecular flexibility index (Phi) is 8.21. The maximum Gasteiger partial charge on any atom is 0.323 e. The van der Waals surface area contributed by atoms with E-state index in [1.54, 1.807) is 48.7 Å². The predicted molar refractivity (Wildman–Crippen MR) is 163 cm³/mol. The molecule has 0 saturated carbocycles. The molecule has 44 heavy (non-hydrogen) atoms. The second-order valence-electron chi connectivity index (χ2n) is 10.1. The summed E-state index contributed by atoms with van der Waals surface area (Å²) in [5.41, 5.74) is 3.53. The van der Waals surface area contributed by atoms with E-state index in [0.29, 0.717) is 71.4 Å². The lowest BCUT2D eigenvalue weighted by atomic mass is 10.1. The number of benzene rings is 2. The Morgan fingerprint density at radius 1 is 0.955 bits per heavy atom. The highest BCUT2D eigenvalue weighted by Gasteiger charge is 2.20. The molecule has 2 amide bonds. The van der Waals surface area contributed by atoms with Crippen molar-refractivity contribution in [3.63, 3.8) is 0 Å². The number of amides is 2. The maximum atomic E-state index is 14.5. The van der Waals surface area contributed by atoms with E-state index in [0.717, 1.165) is 6.07 Å². The van der Waals surface area contributed by atoms with Crippen LogP contribution in [0.5, 0.6) is 0 Å². The number of aromatic nitrogens is 4. The van der Waals surface area contributed by atoms with E-state index in [1.165, 1.54) is 25.3 Å². The van der Waals surface area contributed by atoms with E-state index < -0.39 is 24.0 Å². The summed E-state index contributed by atoms with van der Waals surface area (Å²) < 4.78 is 34.3. The first-order valence-electron chi connectivity index (χ1n) is 13.9. The number of pyridine rings is 2. The molecular weight excluding hydrogens is 570 g/mol. The van der Waals surface area contributed by atoms with Gasteiger partial charge in [-0.25, -0.2) is 24.1 Å². The zero-order valence-electron chi connectivity index (χ0n) is 23.6. The summed E-state index contributed by atoms with van der Waals surface area (Å²) in [5, 5.41) is 17.3. The van der Waals surface area contributed by atoms with E-state index >= 15 is 0 Å². The zero-order valence-corrected chi connectivity index (χ0v) is 23.6. The van der Waals surface area contributed by atoms with Gasteiger partial charge in [0.15, 0.2) is 11.6 Å². The lowest BCUT2D eigenvalue weighted by molar-refractivity contribution is 0.122. The van der Waals surface area contributed by atoms with Gasteiger partial charge in [-0.1, -0.05) is 0 Å². The summed E-state index contributed by atoms with van der Waals surface area (Å²) in [7, 11) is 0. The van der Waals surface area contributed by atoms with Gasteiger partial charge in [0.25, 0.3) is 0 Å². The Bertz CT molecular complexity index is 1810. The van der Waals surface area contributed by atoms with Gasteiger partial charge >= 0.3 is 6.03 Å². The number of fused-ring (bicyclic) bond motifs is 1. The molecule has 3 aromatic heterocycles. The van der Waals surface area contributed by atoms with Crippen LogP contribution in [0.15, 0.2) is 73.1 Å². The molecule has 1 atom stereocenters. The first-order chi connectivity index (χ1) is 21.3. The second-order valence-corrected chi connectivity index (χ2v) is 10.1. The highest BCUT2D eigenvalue weighted by molar-refractivity contribution is 6.00. The fraction of sp³-hybridized carbons (Fsp3) is 0.194. The predicted octanol–water partition coefficient (Wildman–Crippen LogP) is 5.26. The van der Waals surface area contributed by atoms with Gasteiger partial charge < -0.3 is 30.7 Å². The molecule has 2 aromatic carbocycles. The molecule has 1 saturated heterocycles. The van der Waals surface area contributed by atoms with E-state index in [1.807, 2.05) is 0 Å². The molecule has 4 N–H and O–H groups in total. The van der Waals surface area contributed by atoms with Crippen LogP contribution < -0.4 is 20.9 Å². The molecule has 6 rings (SSSR count). The van der Waals surface area contributed by atoms with Crippen LogP contribution in [0.4, 0.5) is 36.5 Å². The molecule has 4 heterocycles. The summed E-state index contributed by atoms with van der Waals surface area (Å²) >= 11 is 0. The van der Waals surface area contributed by atoms with Gasteiger partial charge in [0, 0.05) is 53.5 Å². The molecule has 0 aliphatic carbocycles. The molecule has 13 heteroatoms. The Morgan fingerprint density at radius 2 is 1.70 bits per heavy atom. The largest absolute Gasteiger partial charge is 0.378 e. The van der Waals surface area contributed by atoms with Crippen LogP contribution in [-0.2, 0) is 4.74 Å². The van der Waals surface area contributed by atoms with E-state index in [-0.39, 0.29) is 11.4 Å². The Morgan fingerprint density at radius 3 is 2.43 bits per heavy atom. The lowest BCUT2D eigenvalue weighted by Crippen LogP contribution is -2.37. The quantitative estimate of drug-likeness (QED) is 0.146. The summed E-state index contributed by atoms with van der Waals surface area (Å²) in [4.78, 5) is 32.6. The third kappa shape index (κ3) is 6.38. The summed E-state index contributed by atoms with van der Waals surface area (Å²) in [5.74, 6) is -0.135. The lowest BCUT2D eigenvalue weighted by Gasteiger charge is -2.28. The van der Waals surface area contributed by atoms with Crippen LogP contribution in [-0.4, -0.2) is 63.6 Å². The number of morpholine rings is 1. The number of hydrogen-bond acceptors (Lipinski definition) is 9. The normalized spacial score (nSPS) is 13.9. The number of rotatable bonds is 7. The topological polar surface area (TPSA) is 137 Å². The number of halogens is 2. The minimum atomic E-state index is -0.925. The van der Waals surface area contributed by atoms with Gasteiger partial charge in [-0.15, -0.1) is 0 Å². The number of hydrogen-bond donors (Lipinski definition) is 4. The number of carbonyl (C=O) groups is 1. The van der Waals surface area contributed by atoms with Gasteiger partial charge in [-0.3, -0.25) is 4.98 Å². The van der Waals surface area contributed by atoms with Crippen molar-refractivity contribution in [3.8, 4) is 22.5 Å². The SMILES string of the molecule is CC(O)Nc1ccc(NC(=O)Nc2ccc(-c3nc(N4CCOCC4)c4ncc(-c5cccnc5F)cc4n3)cc2)cc1F. The third-order valence-corrected chi connectivity index (χ3v) is 6.89. The van der Waals surface area contributed by atoms with Crippen LogP contribution >= 0.6 is 0 Å². The zero-order chi connectivity index (χ0) is 30.6. The number of ether oxygens (including phenoxy) is 1. The molecule has 0 spiro atoms. The number of nitrogens with zero attached hydrogens (tertiary/aromatic N) is 5. The van der Waals surface area contributed by atoms with Crippen molar-refractivity contribution in [2.24, 2.45) is 0 Å². The van der Waals surface area contributed by atoms with Crippen LogP contribution in [0.25, 0.3) is 33.5 Å². The van der Waals surface area contributed by atoms with Crippen LogP contribution in [0.3, 0.4) is 0 Å². The number of aliphatic hydroxyl groups is 1. The molecule has 1 unspecified atom stereocenters. The van der Waals surface area contributed by atoms with Gasteiger partial charge in [-0.2, -0.15) is 4.39 Å². The number of aliphatic hydroxyl groups excluding tert-OH is 1. The van der Waals surface area contributed by atoms with Gasteiger partial charge in [0.1, 0.15) is 17.6 Å². The summed E-state index contributed by atoms with van der Waals surface area (Å²) in [6.07, 6.45) is 2.06. The van der Waals surface area contributed by atoms with E-state index in [4.69, 9.17) is 14.7 Å². The van der Waals surface area contributed by atoms with Gasteiger partial charge in [0.05, 0.1) is 24.4 Å². The van der Waals surface area contributed by atoms with Crippen molar-refractivity contribution in [2.75, 3.05) is 47.2 Å². The molecule has 0 bridgehead atoms. The average molecular weight is 599 g/mol. The van der Waals surface area contributed by atoms with Crippen LogP contribution in [0.2, 0.25) is 0 Å². The molecule has 1 aliphatic heterocycles. The van der Waals surface area contributed by atoms with Crippen molar-refractivity contribution < 1.29 is 23.4 Å². The van der Waals surface area contributed by atoms with Crippen molar-refractivity contribution in [1.29, 1.82) is 0 Å². The monoisotopic (exact) mass is 598 g/mol. The Balaban J connectivity index is 1.25. The van der Waals surface area contributed by atoms with Crippen LogP contribution in [0.1, 0.15) is 6.92 Å². The molecule has 224 valence electrons. The Hall–Kier alpha value is -5.27. The molecular formula is C31H28F2N8O3. The van der Waals surface area contributed by atoms with Crippen molar-refractivity contribution in [1.82, 2.24) is 19.9 Å². The summed E-state index contributed by atoms with van der Waals surface area (Å²) in [6, 6.07) is 15.5. The van der Waals surface area contributed by atoms with Crippen molar-refractivity contribution in [2.45, 2.75) is 13.2 Å². The van der Waals surface area contributed by atoms with E-state index in [9.17, 15) is 18.7 Å². The third-order valence-electron chi connectivity index (χ3n) is 6.89. The molecule has 11 nitrogen and oxygen atoms in total. The molecule has 0 radical (unpaired) electrons. The van der Waals surface area contributed by atoms with Gasteiger partial charge in [-0.05, 0) is 67.6 Å². The fourth-order valence-electron chi connectivity index (χ4n) is 4.81. The number of carbonyl (C=O) groups excluding carboxylic acids is 1. The standard InChI is InChI=1S/C31H28F2N8O3/c1-18(42)36-25-9-8-22(16-24(25)32)38-31(43)37-21-6-4-19(5-7-21)29-39-26-15-20(23-3-2-10-34-28(23)33)17-35-27(26)30(40-29)41-11-13-44-14-12-41/h2-10,15-18,36,42H,11-14H2,1H3,(H2,37,38,43). The fourth-order valence-corrected chi connectivity index (χ4v) is 4.81. The van der Waals surface area contributed by atoms with Crippen LogP contribution in [0, 0.1) is 11.8 Å². The minimum Gasteiger partial charge on any atom is -0.378 e. The highest BCUT2D eigenvalue weighted by atomic mass is 19.1. The molecule has 5 aromatic rings. The van der Waals surface area contributed by atoms with E-state index in [2.05, 4.69) is 30.8 Å². The highest BCUT2D eigenvalue weighted by Crippen LogP contribution is 2.31. The molecule has 1 aliphatic rings. The first-order valence-corrected chi connectivity index (χ1v) is 13.9. The second kappa shape index (κ2) is 12.5. The smallest absolute Gasteiger partial charge is 0.323 e.